The van der Waals surface area contributed by atoms with E-state index in [0.29, 0.717) is 13.1 Å². The third-order valence-electron chi connectivity index (χ3n) is 5.43. The highest BCUT2D eigenvalue weighted by molar-refractivity contribution is 6.33. The Morgan fingerprint density at radius 1 is 1.15 bits per heavy atom. The van der Waals surface area contributed by atoms with Crippen LogP contribution in [-0.4, -0.2) is 48.6 Å². The molecule has 0 saturated carbocycles. The van der Waals surface area contributed by atoms with Gasteiger partial charge in [0.05, 0.1) is 12.8 Å². The maximum absolute atomic E-state index is 11.9. The number of benzene rings is 2. The van der Waals surface area contributed by atoms with Gasteiger partial charge in [-0.25, -0.2) is 0 Å². The van der Waals surface area contributed by atoms with E-state index in [9.17, 15) is 4.79 Å². The van der Waals surface area contributed by atoms with Crippen molar-refractivity contribution in [1.29, 1.82) is 0 Å². The number of amides is 1. The summed E-state index contributed by atoms with van der Waals surface area (Å²) in [6, 6.07) is 14.5. The molecule has 27 heavy (non-hydrogen) atoms. The van der Waals surface area contributed by atoms with Crippen LogP contribution in [0.3, 0.4) is 0 Å². The van der Waals surface area contributed by atoms with Crippen LogP contribution in [0, 0.1) is 0 Å². The van der Waals surface area contributed by atoms with Crippen LogP contribution in [0.25, 0.3) is 11.1 Å². The topological polar surface area (TPSA) is 47.6 Å². The lowest BCUT2D eigenvalue weighted by Crippen LogP contribution is -2.53. The maximum Gasteiger partial charge on any atom is 0.222 e. The molecule has 2 heterocycles. The van der Waals surface area contributed by atoms with E-state index in [1.54, 1.807) is 0 Å². The summed E-state index contributed by atoms with van der Waals surface area (Å²) in [5.74, 6) is 0.240. The van der Waals surface area contributed by atoms with E-state index in [1.165, 1.54) is 5.56 Å². The number of carbonyl (C=O) groups excluding carboxylic acids is 1. The summed E-state index contributed by atoms with van der Waals surface area (Å²) in [6.45, 7) is 5.92. The highest BCUT2D eigenvalue weighted by Crippen LogP contribution is 2.38. The number of nitrogens with one attached hydrogen (secondary N) is 2. The van der Waals surface area contributed by atoms with Gasteiger partial charge < -0.3 is 10.2 Å². The molecule has 1 atom stereocenters. The van der Waals surface area contributed by atoms with Crippen molar-refractivity contribution in [2.24, 2.45) is 0 Å². The van der Waals surface area contributed by atoms with Crippen molar-refractivity contribution in [3.63, 3.8) is 0 Å². The van der Waals surface area contributed by atoms with Gasteiger partial charge in [0.2, 0.25) is 5.91 Å². The van der Waals surface area contributed by atoms with Gasteiger partial charge in [-0.1, -0.05) is 48.9 Å². The van der Waals surface area contributed by atoms with Gasteiger partial charge in [0.25, 0.3) is 0 Å². The molecule has 2 aliphatic heterocycles. The predicted octanol–water partition coefficient (Wildman–Crippen LogP) is 3.53. The van der Waals surface area contributed by atoms with Gasteiger partial charge in [-0.05, 0) is 17.7 Å². The molecular formula is C21H25ClN4O. The molecule has 1 saturated heterocycles. The summed E-state index contributed by atoms with van der Waals surface area (Å²) in [6.07, 6.45) is 0.689. The first-order valence-electron chi connectivity index (χ1n) is 9.55. The number of hydrogen-bond donors (Lipinski definition) is 2. The van der Waals surface area contributed by atoms with E-state index in [2.05, 4.69) is 39.8 Å². The van der Waals surface area contributed by atoms with Gasteiger partial charge in [0.1, 0.15) is 0 Å². The molecule has 0 spiro atoms. The van der Waals surface area contributed by atoms with E-state index in [0.717, 1.165) is 48.0 Å². The van der Waals surface area contributed by atoms with Crippen LogP contribution in [-0.2, 0) is 4.79 Å². The maximum atomic E-state index is 11.9. The molecule has 2 aliphatic rings. The molecule has 5 nitrogen and oxygen atoms in total. The van der Waals surface area contributed by atoms with Gasteiger partial charge in [-0.15, -0.1) is 0 Å². The fourth-order valence-electron chi connectivity index (χ4n) is 3.94. The third-order valence-corrected chi connectivity index (χ3v) is 5.74. The molecule has 0 radical (unpaired) electrons. The number of hydrogen-bond acceptors (Lipinski definition) is 4. The van der Waals surface area contributed by atoms with Gasteiger partial charge in [0.15, 0.2) is 0 Å². The van der Waals surface area contributed by atoms with E-state index >= 15 is 0 Å². The van der Waals surface area contributed by atoms with Crippen LogP contribution in [0.5, 0.6) is 0 Å². The Balaban J connectivity index is 1.57. The first kappa shape index (κ1) is 18.3. The number of nitrogens with zero attached hydrogens (tertiary/aromatic N) is 2. The molecule has 0 aliphatic carbocycles. The highest BCUT2D eigenvalue weighted by Gasteiger charge is 2.30. The Labute approximate surface area is 165 Å². The Morgan fingerprint density at radius 2 is 1.89 bits per heavy atom. The average Bonchev–Trinajstić information content (AvgIpc) is 2.73. The lowest BCUT2D eigenvalue weighted by molar-refractivity contribution is -0.133. The summed E-state index contributed by atoms with van der Waals surface area (Å²) in [7, 11) is 0. The first-order chi connectivity index (χ1) is 13.2. The minimum absolute atomic E-state index is 0.113. The standard InChI is InChI=1S/C21H25ClN4O/c1-2-20(27)25-8-10-26(11-9-25)21-17-12-18(22)16(13-19(17)23-14-24-21)15-6-4-3-5-7-15/h3-7,12-13,21,23-24H,2,8-11,14H2,1H3. The third kappa shape index (κ3) is 3.68. The van der Waals surface area contributed by atoms with Crippen molar-refractivity contribution >= 4 is 23.2 Å². The molecule has 1 amide bonds. The number of fused-ring (bicyclic) bond motifs is 1. The van der Waals surface area contributed by atoms with Crippen molar-refractivity contribution in [1.82, 2.24) is 15.1 Å². The SMILES string of the molecule is CCC(=O)N1CCN(C2NCNc3cc(-c4ccccc4)c(Cl)cc32)CC1. The summed E-state index contributed by atoms with van der Waals surface area (Å²) in [5, 5.41) is 7.75. The Hall–Kier alpha value is -2.08. The van der Waals surface area contributed by atoms with E-state index in [4.69, 9.17) is 11.6 Å². The highest BCUT2D eigenvalue weighted by atomic mass is 35.5. The van der Waals surface area contributed by atoms with E-state index in [-0.39, 0.29) is 12.1 Å². The number of rotatable bonds is 3. The molecule has 0 bridgehead atoms. The normalized spacial score (nSPS) is 20.1. The zero-order valence-corrected chi connectivity index (χ0v) is 16.3. The molecule has 2 N–H and O–H groups in total. The minimum Gasteiger partial charge on any atom is -0.372 e. The summed E-state index contributed by atoms with van der Waals surface area (Å²) < 4.78 is 0. The van der Waals surface area contributed by atoms with Crippen LogP contribution in [0.2, 0.25) is 5.02 Å². The Kier molecular flexibility index (Phi) is 5.34. The Morgan fingerprint density at radius 3 is 2.59 bits per heavy atom. The monoisotopic (exact) mass is 384 g/mol. The molecule has 4 rings (SSSR count). The molecule has 2 aromatic rings. The zero-order chi connectivity index (χ0) is 18.8. The molecule has 6 heteroatoms. The molecule has 1 fully saturated rings. The van der Waals surface area contributed by atoms with Crippen LogP contribution >= 0.6 is 11.6 Å². The van der Waals surface area contributed by atoms with E-state index in [1.807, 2.05) is 30.0 Å². The number of anilines is 1. The second-order valence-electron chi connectivity index (χ2n) is 7.02. The van der Waals surface area contributed by atoms with Gasteiger partial charge >= 0.3 is 0 Å². The van der Waals surface area contributed by atoms with Gasteiger partial charge in [-0.3, -0.25) is 15.0 Å². The average molecular weight is 385 g/mol. The Bertz CT molecular complexity index is 818. The minimum atomic E-state index is 0.113. The zero-order valence-electron chi connectivity index (χ0n) is 15.5. The molecule has 2 aromatic carbocycles. The fraction of sp³-hybridized carbons (Fsp3) is 0.381. The largest absolute Gasteiger partial charge is 0.372 e. The summed E-state index contributed by atoms with van der Waals surface area (Å²) >= 11 is 6.66. The molecule has 142 valence electrons. The molecule has 0 aromatic heterocycles. The quantitative estimate of drug-likeness (QED) is 0.849. The van der Waals surface area contributed by atoms with Crippen molar-refractivity contribution < 1.29 is 4.79 Å². The van der Waals surface area contributed by atoms with Crippen molar-refractivity contribution in [2.45, 2.75) is 19.5 Å². The van der Waals surface area contributed by atoms with Gasteiger partial charge in [-0.2, -0.15) is 0 Å². The summed E-state index contributed by atoms with van der Waals surface area (Å²) in [4.78, 5) is 16.3. The lowest BCUT2D eigenvalue weighted by Gasteiger charge is -2.42. The smallest absolute Gasteiger partial charge is 0.222 e. The van der Waals surface area contributed by atoms with E-state index < -0.39 is 0 Å². The van der Waals surface area contributed by atoms with Crippen molar-refractivity contribution in [3.05, 3.63) is 53.1 Å². The van der Waals surface area contributed by atoms with Crippen LogP contribution < -0.4 is 10.6 Å². The lowest BCUT2D eigenvalue weighted by atomic mass is 9.99. The summed E-state index contributed by atoms with van der Waals surface area (Å²) in [5.41, 5.74) is 4.45. The number of carbonyl (C=O) groups is 1. The van der Waals surface area contributed by atoms with Crippen LogP contribution in [0.1, 0.15) is 25.1 Å². The molecule has 1 unspecified atom stereocenters. The second-order valence-corrected chi connectivity index (χ2v) is 7.42. The van der Waals surface area contributed by atoms with Crippen molar-refractivity contribution in [3.8, 4) is 11.1 Å². The van der Waals surface area contributed by atoms with Crippen LogP contribution in [0.4, 0.5) is 5.69 Å². The van der Waals surface area contributed by atoms with Crippen molar-refractivity contribution in [2.75, 3.05) is 38.2 Å². The van der Waals surface area contributed by atoms with Gasteiger partial charge in [0, 0.05) is 54.4 Å². The predicted molar refractivity (Wildman–Crippen MR) is 110 cm³/mol. The molecular weight excluding hydrogens is 360 g/mol. The van der Waals surface area contributed by atoms with Crippen LogP contribution in [0.15, 0.2) is 42.5 Å². The number of piperazine rings is 1. The second kappa shape index (κ2) is 7.89. The fourth-order valence-corrected chi connectivity index (χ4v) is 4.22. The number of halogens is 1. The first-order valence-corrected chi connectivity index (χ1v) is 9.93.